The predicted octanol–water partition coefficient (Wildman–Crippen LogP) is -4.98. The molecule has 1 rings (SSSR count). The van der Waals surface area contributed by atoms with Gasteiger partial charge in [-0.25, -0.2) is 0 Å². The van der Waals surface area contributed by atoms with Gasteiger partial charge in [-0.2, -0.15) is 0 Å². The van der Waals surface area contributed by atoms with Gasteiger partial charge in [0.05, 0.1) is 0 Å². The van der Waals surface area contributed by atoms with Crippen LogP contribution in [0.25, 0.3) is 0 Å². The molecule has 0 aliphatic carbocycles. The summed E-state index contributed by atoms with van der Waals surface area (Å²) in [4.78, 5) is 0. The predicted molar refractivity (Wildman–Crippen MR) is 33.9 cm³/mol. The summed E-state index contributed by atoms with van der Waals surface area (Å²) in [5, 5.41) is 8.63. The van der Waals surface area contributed by atoms with E-state index in [1.165, 1.54) is 0 Å². The Labute approximate surface area is 97.5 Å². The largest absolute Gasteiger partial charge is 2.00 e. The SMILES string of the molecule is Oc1ccccc1.[Br-].[Br-].[Mg+2]. The minimum Gasteiger partial charge on any atom is -1.00 e. The van der Waals surface area contributed by atoms with E-state index in [9.17, 15) is 0 Å². The molecule has 1 nitrogen and oxygen atoms in total. The van der Waals surface area contributed by atoms with Gasteiger partial charge in [0.1, 0.15) is 5.75 Å². The van der Waals surface area contributed by atoms with Crippen LogP contribution >= 0.6 is 0 Å². The van der Waals surface area contributed by atoms with E-state index < -0.39 is 0 Å². The van der Waals surface area contributed by atoms with Crippen molar-refractivity contribution in [1.29, 1.82) is 0 Å². The van der Waals surface area contributed by atoms with E-state index in [4.69, 9.17) is 5.11 Å². The zero-order valence-corrected chi connectivity index (χ0v) is 9.88. The molecule has 4 heteroatoms. The standard InChI is InChI=1S/C6H6O.2BrH.Mg/c7-6-4-2-1-3-5-6;;;/h1-5,7H;2*1H;/q;;;+2/p-2. The Morgan fingerprint density at radius 3 is 1.50 bits per heavy atom. The van der Waals surface area contributed by atoms with Crippen molar-refractivity contribution in [2.45, 2.75) is 0 Å². The number of benzene rings is 1. The maximum absolute atomic E-state index is 8.63. The van der Waals surface area contributed by atoms with Crippen LogP contribution in [0.3, 0.4) is 0 Å². The van der Waals surface area contributed by atoms with Crippen LogP contribution in [0.15, 0.2) is 30.3 Å². The van der Waals surface area contributed by atoms with Gasteiger partial charge < -0.3 is 39.1 Å². The van der Waals surface area contributed by atoms with Gasteiger partial charge in [0.15, 0.2) is 0 Å². The molecule has 0 saturated heterocycles. The van der Waals surface area contributed by atoms with Gasteiger partial charge in [-0.1, -0.05) is 18.2 Å². The number of aromatic hydroxyl groups is 1. The third kappa shape index (κ3) is 6.86. The summed E-state index contributed by atoms with van der Waals surface area (Å²) < 4.78 is 0. The van der Waals surface area contributed by atoms with Crippen molar-refractivity contribution in [3.05, 3.63) is 30.3 Å². The van der Waals surface area contributed by atoms with Crippen molar-refractivity contribution < 1.29 is 39.1 Å². The Hall–Kier alpha value is 0.746. The van der Waals surface area contributed by atoms with Crippen LogP contribution in [0, 0.1) is 0 Å². The van der Waals surface area contributed by atoms with Crippen LogP contribution < -0.4 is 34.0 Å². The molecule has 0 unspecified atom stereocenters. The molecule has 52 valence electrons. The van der Waals surface area contributed by atoms with Gasteiger partial charge >= 0.3 is 23.1 Å². The first-order valence-electron chi connectivity index (χ1n) is 2.13. The first-order valence-corrected chi connectivity index (χ1v) is 2.13. The summed E-state index contributed by atoms with van der Waals surface area (Å²) in [5.74, 6) is 0.322. The van der Waals surface area contributed by atoms with Crippen LogP contribution in [0.2, 0.25) is 0 Å². The van der Waals surface area contributed by atoms with E-state index in [-0.39, 0.29) is 57.0 Å². The quantitative estimate of drug-likeness (QED) is 0.471. The zero-order chi connectivity index (χ0) is 5.11. The number of para-hydroxylation sites is 1. The molecular formula is C6H6Br2MgO. The van der Waals surface area contributed by atoms with Crippen molar-refractivity contribution in [2.75, 3.05) is 0 Å². The molecule has 1 N–H and O–H groups in total. The van der Waals surface area contributed by atoms with E-state index in [0.29, 0.717) is 5.75 Å². The van der Waals surface area contributed by atoms with E-state index >= 15 is 0 Å². The number of hydrogen-bond donors (Lipinski definition) is 1. The van der Waals surface area contributed by atoms with Crippen LogP contribution in [-0.2, 0) is 0 Å². The molecule has 0 heterocycles. The van der Waals surface area contributed by atoms with E-state index in [1.807, 2.05) is 6.07 Å². The summed E-state index contributed by atoms with van der Waals surface area (Å²) in [7, 11) is 0. The molecule has 1 aromatic rings. The molecule has 0 saturated carbocycles. The average Bonchev–Trinajstić information content (AvgIpc) is 1.69. The van der Waals surface area contributed by atoms with Crippen molar-refractivity contribution >= 4 is 23.1 Å². The molecule has 10 heavy (non-hydrogen) atoms. The smallest absolute Gasteiger partial charge is 1.00 e. The van der Waals surface area contributed by atoms with Gasteiger partial charge in [-0.15, -0.1) is 0 Å². The Bertz CT molecular complexity index is 146. The molecule has 0 bridgehead atoms. The third-order valence-electron chi connectivity index (χ3n) is 0.756. The minimum atomic E-state index is 0. The summed E-state index contributed by atoms with van der Waals surface area (Å²) in [5.41, 5.74) is 0. The Morgan fingerprint density at radius 1 is 0.900 bits per heavy atom. The molecule has 0 radical (unpaired) electrons. The molecular weight excluding hydrogens is 272 g/mol. The second-order valence-corrected chi connectivity index (χ2v) is 1.34. The number of hydrogen-bond acceptors (Lipinski definition) is 1. The van der Waals surface area contributed by atoms with Gasteiger partial charge in [-0.3, -0.25) is 0 Å². The fourth-order valence-corrected chi connectivity index (χ4v) is 0.428. The molecule has 0 aromatic heterocycles. The number of phenolic OH excluding ortho intramolecular Hbond substituents is 1. The van der Waals surface area contributed by atoms with Gasteiger partial charge in [0, 0.05) is 0 Å². The van der Waals surface area contributed by atoms with Crippen molar-refractivity contribution in [3.8, 4) is 5.75 Å². The van der Waals surface area contributed by atoms with Crippen LogP contribution in [0.4, 0.5) is 0 Å². The second-order valence-electron chi connectivity index (χ2n) is 1.34. The Kier molecular flexibility index (Phi) is 16.6. The fourth-order valence-electron chi connectivity index (χ4n) is 0.428. The Morgan fingerprint density at radius 2 is 1.30 bits per heavy atom. The summed E-state index contributed by atoms with van der Waals surface area (Å²) in [6.07, 6.45) is 0. The van der Waals surface area contributed by atoms with Crippen LogP contribution in [0.1, 0.15) is 0 Å². The van der Waals surface area contributed by atoms with Gasteiger partial charge in [0.25, 0.3) is 0 Å². The molecule has 0 atom stereocenters. The van der Waals surface area contributed by atoms with Gasteiger partial charge in [-0.05, 0) is 12.1 Å². The molecule has 1 aromatic carbocycles. The average molecular weight is 278 g/mol. The molecule has 0 spiro atoms. The molecule has 0 aliphatic rings. The summed E-state index contributed by atoms with van der Waals surface area (Å²) in [6.45, 7) is 0. The topological polar surface area (TPSA) is 20.2 Å². The number of halogens is 2. The maximum atomic E-state index is 8.63. The zero-order valence-electron chi connectivity index (χ0n) is 5.30. The van der Waals surface area contributed by atoms with E-state index in [2.05, 4.69) is 0 Å². The maximum Gasteiger partial charge on any atom is 2.00 e. The van der Waals surface area contributed by atoms with Crippen LogP contribution in [-0.4, -0.2) is 28.2 Å². The first kappa shape index (κ1) is 17.0. The first-order chi connectivity index (χ1) is 3.39. The molecule has 0 fully saturated rings. The minimum absolute atomic E-state index is 0. The molecule has 0 amide bonds. The summed E-state index contributed by atoms with van der Waals surface area (Å²) >= 11 is 0. The monoisotopic (exact) mass is 276 g/mol. The van der Waals surface area contributed by atoms with Crippen molar-refractivity contribution in [1.82, 2.24) is 0 Å². The summed E-state index contributed by atoms with van der Waals surface area (Å²) in [6, 6.07) is 8.71. The number of rotatable bonds is 0. The Balaban J connectivity index is -0.000000163. The van der Waals surface area contributed by atoms with Crippen molar-refractivity contribution in [3.63, 3.8) is 0 Å². The van der Waals surface area contributed by atoms with Crippen molar-refractivity contribution in [2.24, 2.45) is 0 Å². The van der Waals surface area contributed by atoms with E-state index in [1.54, 1.807) is 24.3 Å². The normalized spacial score (nSPS) is 6.00. The number of phenols is 1. The molecule has 0 aliphatic heterocycles. The fraction of sp³-hybridized carbons (Fsp3) is 0. The third-order valence-corrected chi connectivity index (χ3v) is 0.756. The van der Waals surface area contributed by atoms with Crippen LogP contribution in [0.5, 0.6) is 5.75 Å². The van der Waals surface area contributed by atoms with E-state index in [0.717, 1.165) is 0 Å². The van der Waals surface area contributed by atoms with Gasteiger partial charge in [0.2, 0.25) is 0 Å². The second kappa shape index (κ2) is 9.75.